The van der Waals surface area contributed by atoms with Crippen molar-refractivity contribution in [2.75, 3.05) is 37.7 Å². The van der Waals surface area contributed by atoms with Gasteiger partial charge in [-0.3, -0.25) is 4.79 Å². The first-order valence-corrected chi connectivity index (χ1v) is 11.6. The van der Waals surface area contributed by atoms with Crippen molar-refractivity contribution < 1.29 is 18.3 Å². The van der Waals surface area contributed by atoms with Gasteiger partial charge in [-0.05, 0) is 48.9 Å². The van der Waals surface area contributed by atoms with Gasteiger partial charge in [-0.25, -0.2) is 14.4 Å². The topological polar surface area (TPSA) is 84.6 Å². The summed E-state index contributed by atoms with van der Waals surface area (Å²) < 4.78 is 24.7. The standard InChI is InChI=1S/C25H23ClFN5O3/c1-16-28-24(23-25(29-16)35-21(30-23)14-17-2-6-19(27)7-3-17)32-12-10-31(11-13-32)22(33)15-34-20-8-4-18(26)5-9-20/h2-9H,10-15H2,1H3. The lowest BCUT2D eigenvalue weighted by Crippen LogP contribution is -2.50. The molecule has 2 aromatic carbocycles. The number of piperazine rings is 1. The number of hydrogen-bond acceptors (Lipinski definition) is 7. The molecule has 180 valence electrons. The van der Waals surface area contributed by atoms with Crippen LogP contribution in [0.1, 0.15) is 17.3 Å². The Morgan fingerprint density at radius 2 is 1.74 bits per heavy atom. The number of nitrogens with zero attached hydrogens (tertiary/aromatic N) is 5. The van der Waals surface area contributed by atoms with Crippen molar-refractivity contribution in [3.63, 3.8) is 0 Å². The molecule has 0 N–H and O–H groups in total. The molecule has 35 heavy (non-hydrogen) atoms. The molecule has 0 radical (unpaired) electrons. The van der Waals surface area contributed by atoms with E-state index in [1.807, 2.05) is 0 Å². The Labute approximate surface area is 206 Å². The summed E-state index contributed by atoms with van der Waals surface area (Å²) in [6.45, 7) is 4.03. The van der Waals surface area contributed by atoms with E-state index in [0.29, 0.717) is 72.1 Å². The summed E-state index contributed by atoms with van der Waals surface area (Å²) in [5, 5.41) is 0.614. The number of fused-ring (bicyclic) bond motifs is 1. The second kappa shape index (κ2) is 9.87. The molecule has 3 heterocycles. The van der Waals surface area contributed by atoms with E-state index in [-0.39, 0.29) is 18.3 Å². The molecule has 1 aliphatic rings. The van der Waals surface area contributed by atoms with Gasteiger partial charge < -0.3 is 19.0 Å². The van der Waals surface area contributed by atoms with Gasteiger partial charge in [0.15, 0.2) is 17.9 Å². The maximum Gasteiger partial charge on any atom is 0.260 e. The largest absolute Gasteiger partial charge is 0.484 e. The Balaban J connectivity index is 1.25. The Kier molecular flexibility index (Phi) is 6.50. The molecule has 1 fully saturated rings. The van der Waals surface area contributed by atoms with Crippen LogP contribution in [0.15, 0.2) is 52.9 Å². The number of aryl methyl sites for hydroxylation is 1. The second-order valence-electron chi connectivity index (χ2n) is 8.27. The van der Waals surface area contributed by atoms with Crippen LogP contribution in [0, 0.1) is 12.7 Å². The van der Waals surface area contributed by atoms with Gasteiger partial charge in [-0.15, -0.1) is 0 Å². The monoisotopic (exact) mass is 495 g/mol. The third kappa shape index (κ3) is 5.35. The predicted molar refractivity (Wildman–Crippen MR) is 129 cm³/mol. The average Bonchev–Trinajstić information content (AvgIpc) is 3.26. The molecule has 10 heteroatoms. The molecule has 0 atom stereocenters. The van der Waals surface area contributed by atoms with Gasteiger partial charge in [0.2, 0.25) is 5.89 Å². The smallest absolute Gasteiger partial charge is 0.260 e. The Morgan fingerprint density at radius 1 is 1.03 bits per heavy atom. The number of rotatable bonds is 6. The molecule has 1 amide bonds. The highest BCUT2D eigenvalue weighted by Gasteiger charge is 2.25. The summed E-state index contributed by atoms with van der Waals surface area (Å²) in [5.41, 5.74) is 1.88. The van der Waals surface area contributed by atoms with E-state index in [9.17, 15) is 9.18 Å². The minimum atomic E-state index is -0.288. The van der Waals surface area contributed by atoms with Crippen LogP contribution in [-0.4, -0.2) is 58.5 Å². The summed E-state index contributed by atoms with van der Waals surface area (Å²) in [7, 11) is 0. The first-order chi connectivity index (χ1) is 16.9. The van der Waals surface area contributed by atoms with E-state index in [1.54, 1.807) is 48.2 Å². The molecule has 0 aliphatic carbocycles. The highest BCUT2D eigenvalue weighted by atomic mass is 35.5. The van der Waals surface area contributed by atoms with Crippen LogP contribution in [0.2, 0.25) is 5.02 Å². The van der Waals surface area contributed by atoms with Gasteiger partial charge in [0.25, 0.3) is 11.6 Å². The summed E-state index contributed by atoms with van der Waals surface area (Å²) >= 11 is 5.88. The number of ether oxygens (including phenoxy) is 1. The molecular formula is C25H23ClFN5O3. The third-order valence-electron chi connectivity index (χ3n) is 5.77. The van der Waals surface area contributed by atoms with Gasteiger partial charge in [-0.1, -0.05) is 23.7 Å². The molecule has 0 unspecified atom stereocenters. The van der Waals surface area contributed by atoms with Gasteiger partial charge in [0.05, 0.1) is 0 Å². The number of oxazole rings is 1. The van der Waals surface area contributed by atoms with Crippen molar-refractivity contribution in [1.29, 1.82) is 0 Å². The quantitative estimate of drug-likeness (QED) is 0.399. The fraction of sp³-hybridized carbons (Fsp3) is 0.280. The Morgan fingerprint density at radius 3 is 2.46 bits per heavy atom. The summed E-state index contributed by atoms with van der Waals surface area (Å²) in [4.78, 5) is 30.1. The van der Waals surface area contributed by atoms with Crippen molar-refractivity contribution in [1.82, 2.24) is 19.9 Å². The minimum Gasteiger partial charge on any atom is -0.484 e. The SMILES string of the molecule is Cc1nc(N2CCN(C(=O)COc3ccc(Cl)cc3)CC2)c2nc(Cc3ccc(F)cc3)oc2n1. The van der Waals surface area contributed by atoms with Crippen LogP contribution in [-0.2, 0) is 11.2 Å². The maximum absolute atomic E-state index is 13.2. The molecule has 4 aromatic rings. The van der Waals surface area contributed by atoms with Crippen LogP contribution in [0.3, 0.4) is 0 Å². The number of carbonyl (C=O) groups excluding carboxylic acids is 1. The Bertz CT molecular complexity index is 1340. The van der Waals surface area contributed by atoms with E-state index in [4.69, 9.17) is 20.8 Å². The number of aromatic nitrogens is 3. The van der Waals surface area contributed by atoms with Gasteiger partial charge >= 0.3 is 0 Å². The lowest BCUT2D eigenvalue weighted by molar-refractivity contribution is -0.133. The van der Waals surface area contributed by atoms with E-state index in [1.165, 1.54) is 12.1 Å². The molecular weight excluding hydrogens is 473 g/mol. The molecule has 5 rings (SSSR count). The van der Waals surface area contributed by atoms with Crippen molar-refractivity contribution >= 4 is 34.6 Å². The summed E-state index contributed by atoms with van der Waals surface area (Å²) in [6.07, 6.45) is 0.422. The number of benzene rings is 2. The zero-order valence-corrected chi connectivity index (χ0v) is 19.8. The van der Waals surface area contributed by atoms with E-state index in [2.05, 4.69) is 19.9 Å². The third-order valence-corrected chi connectivity index (χ3v) is 6.02. The number of amides is 1. The first kappa shape index (κ1) is 23.0. The first-order valence-electron chi connectivity index (χ1n) is 11.2. The molecule has 8 nitrogen and oxygen atoms in total. The zero-order valence-electron chi connectivity index (χ0n) is 19.1. The molecule has 2 aromatic heterocycles. The number of carbonyl (C=O) groups is 1. The normalized spacial score (nSPS) is 13.9. The number of anilines is 1. The van der Waals surface area contributed by atoms with Crippen LogP contribution < -0.4 is 9.64 Å². The molecule has 0 spiro atoms. The lowest BCUT2D eigenvalue weighted by atomic mass is 10.1. The minimum absolute atomic E-state index is 0.0332. The van der Waals surface area contributed by atoms with Crippen molar-refractivity contribution in [2.45, 2.75) is 13.3 Å². The van der Waals surface area contributed by atoms with E-state index < -0.39 is 0 Å². The van der Waals surface area contributed by atoms with Crippen LogP contribution >= 0.6 is 11.6 Å². The number of hydrogen-bond donors (Lipinski definition) is 0. The highest BCUT2D eigenvalue weighted by molar-refractivity contribution is 6.30. The summed E-state index contributed by atoms with van der Waals surface area (Å²) in [6, 6.07) is 13.1. The van der Waals surface area contributed by atoms with Gasteiger partial charge in [0.1, 0.15) is 17.4 Å². The van der Waals surface area contributed by atoms with Crippen molar-refractivity contribution in [2.24, 2.45) is 0 Å². The van der Waals surface area contributed by atoms with Gasteiger partial charge in [0, 0.05) is 37.6 Å². The average molecular weight is 496 g/mol. The zero-order chi connectivity index (χ0) is 24.4. The van der Waals surface area contributed by atoms with Crippen molar-refractivity contribution in [3.05, 3.63) is 76.6 Å². The molecule has 0 saturated carbocycles. The maximum atomic E-state index is 13.2. The van der Waals surface area contributed by atoms with Crippen LogP contribution in [0.4, 0.5) is 10.2 Å². The van der Waals surface area contributed by atoms with Crippen LogP contribution in [0.25, 0.3) is 11.2 Å². The van der Waals surface area contributed by atoms with Gasteiger partial charge in [-0.2, -0.15) is 4.98 Å². The highest BCUT2D eigenvalue weighted by Crippen LogP contribution is 2.26. The molecule has 0 bridgehead atoms. The number of halogens is 2. The molecule has 1 aliphatic heterocycles. The lowest BCUT2D eigenvalue weighted by Gasteiger charge is -2.35. The fourth-order valence-corrected chi connectivity index (χ4v) is 4.09. The summed E-state index contributed by atoms with van der Waals surface area (Å²) in [5.74, 6) is 1.98. The second-order valence-corrected chi connectivity index (χ2v) is 8.71. The van der Waals surface area contributed by atoms with E-state index >= 15 is 0 Å². The van der Waals surface area contributed by atoms with Crippen LogP contribution in [0.5, 0.6) is 5.75 Å². The molecule has 1 saturated heterocycles. The fourth-order valence-electron chi connectivity index (χ4n) is 3.96. The predicted octanol–water partition coefficient (Wildman–Crippen LogP) is 4.04. The van der Waals surface area contributed by atoms with Crippen molar-refractivity contribution in [3.8, 4) is 5.75 Å². The van der Waals surface area contributed by atoms with E-state index in [0.717, 1.165) is 5.56 Å². The Hall–Kier alpha value is -3.72.